The lowest BCUT2D eigenvalue weighted by Gasteiger charge is -2.35. The Balaban J connectivity index is 1.79. The van der Waals surface area contributed by atoms with Gasteiger partial charge >= 0.3 is 0 Å². The molecule has 1 aromatic carbocycles. The number of hydrogen-bond donors (Lipinski definition) is 1. The second-order valence-corrected chi connectivity index (χ2v) is 5.20. The third-order valence-corrected chi connectivity index (χ3v) is 4.05. The van der Waals surface area contributed by atoms with Crippen molar-refractivity contribution in [2.24, 2.45) is 0 Å². The van der Waals surface area contributed by atoms with E-state index < -0.39 is 0 Å². The highest BCUT2D eigenvalue weighted by Crippen LogP contribution is 2.37. The number of ether oxygens (including phenoxy) is 2. The molecule has 1 aromatic rings. The van der Waals surface area contributed by atoms with E-state index >= 15 is 0 Å². The summed E-state index contributed by atoms with van der Waals surface area (Å²) in [6, 6.07) is 6.68. The quantitative estimate of drug-likeness (QED) is 0.871. The summed E-state index contributed by atoms with van der Waals surface area (Å²) in [6.07, 6.45) is 6.34. The Hall–Kier alpha value is -1.22. The van der Waals surface area contributed by atoms with Gasteiger partial charge in [0.25, 0.3) is 0 Å². The van der Waals surface area contributed by atoms with E-state index in [1.165, 1.54) is 24.8 Å². The van der Waals surface area contributed by atoms with Crippen LogP contribution < -0.4 is 14.8 Å². The maximum Gasteiger partial charge on any atom is 0.164 e. The van der Waals surface area contributed by atoms with Crippen LogP contribution in [0.15, 0.2) is 18.2 Å². The van der Waals surface area contributed by atoms with Crippen molar-refractivity contribution in [3.63, 3.8) is 0 Å². The van der Waals surface area contributed by atoms with E-state index in [1.807, 2.05) is 12.1 Å². The first-order chi connectivity index (χ1) is 8.88. The molecular formula is C15H21NO2. The predicted molar refractivity (Wildman–Crippen MR) is 71.4 cm³/mol. The Bertz CT molecular complexity index is 399. The number of benzene rings is 1. The molecule has 3 heteroatoms. The fourth-order valence-corrected chi connectivity index (χ4v) is 3.04. The number of hydrogen-bond acceptors (Lipinski definition) is 3. The fraction of sp³-hybridized carbons (Fsp3) is 0.600. The minimum absolute atomic E-state index is 0.300. The third kappa shape index (κ3) is 2.19. The largest absolute Gasteiger partial charge is 0.493 e. The van der Waals surface area contributed by atoms with Crippen molar-refractivity contribution in [2.75, 3.05) is 13.7 Å². The molecule has 2 heterocycles. The summed E-state index contributed by atoms with van der Waals surface area (Å²) in [4.78, 5) is 0. The lowest BCUT2D eigenvalue weighted by molar-refractivity contribution is 0.111. The molecule has 3 rings (SSSR count). The van der Waals surface area contributed by atoms with Gasteiger partial charge in [-0.3, -0.25) is 0 Å². The van der Waals surface area contributed by atoms with Gasteiger partial charge in [0.15, 0.2) is 11.5 Å². The smallest absolute Gasteiger partial charge is 0.164 e. The van der Waals surface area contributed by atoms with Crippen LogP contribution in [0.1, 0.15) is 31.2 Å². The Labute approximate surface area is 108 Å². The molecule has 2 aliphatic heterocycles. The molecule has 0 aliphatic carbocycles. The molecule has 98 valence electrons. The normalized spacial score (nSPS) is 27.2. The molecule has 1 saturated heterocycles. The van der Waals surface area contributed by atoms with E-state index in [1.54, 1.807) is 7.11 Å². The maximum absolute atomic E-state index is 6.21. The van der Waals surface area contributed by atoms with Crippen LogP contribution in [0, 0.1) is 0 Å². The van der Waals surface area contributed by atoms with Gasteiger partial charge in [-0.05, 0) is 43.9 Å². The zero-order valence-electron chi connectivity index (χ0n) is 10.9. The van der Waals surface area contributed by atoms with E-state index in [0.29, 0.717) is 12.1 Å². The molecule has 0 aromatic heterocycles. The summed E-state index contributed by atoms with van der Waals surface area (Å²) >= 11 is 0. The first-order valence-electron chi connectivity index (χ1n) is 6.94. The highest BCUT2D eigenvalue weighted by Gasteiger charge is 2.30. The van der Waals surface area contributed by atoms with Gasteiger partial charge in [-0.25, -0.2) is 0 Å². The molecule has 3 nitrogen and oxygen atoms in total. The molecule has 2 aliphatic rings. The van der Waals surface area contributed by atoms with Gasteiger partial charge in [0.2, 0.25) is 0 Å². The van der Waals surface area contributed by atoms with Crippen LogP contribution in [0.25, 0.3) is 0 Å². The summed E-state index contributed by atoms with van der Waals surface area (Å²) in [5.74, 6) is 1.83. The van der Waals surface area contributed by atoms with Crippen LogP contribution in [0.2, 0.25) is 0 Å². The molecule has 0 radical (unpaired) electrons. The van der Waals surface area contributed by atoms with Crippen molar-refractivity contribution in [2.45, 2.75) is 44.2 Å². The lowest BCUT2D eigenvalue weighted by Crippen LogP contribution is -2.47. The third-order valence-electron chi connectivity index (χ3n) is 4.05. The van der Waals surface area contributed by atoms with Crippen molar-refractivity contribution < 1.29 is 9.47 Å². The lowest BCUT2D eigenvalue weighted by atomic mass is 9.93. The van der Waals surface area contributed by atoms with Crippen LogP contribution in [0.4, 0.5) is 0 Å². The Morgan fingerprint density at radius 1 is 1.28 bits per heavy atom. The Morgan fingerprint density at radius 2 is 2.22 bits per heavy atom. The highest BCUT2D eigenvalue weighted by molar-refractivity contribution is 5.47. The number of piperidine rings is 1. The first kappa shape index (κ1) is 11.8. The number of methoxy groups -OCH3 is 1. The molecule has 0 bridgehead atoms. The van der Waals surface area contributed by atoms with Crippen molar-refractivity contribution in [1.82, 2.24) is 5.32 Å². The van der Waals surface area contributed by atoms with Gasteiger partial charge in [0.05, 0.1) is 7.11 Å². The summed E-state index contributed by atoms with van der Waals surface area (Å²) in [6.45, 7) is 1.13. The monoisotopic (exact) mass is 247 g/mol. The Morgan fingerprint density at radius 3 is 3.00 bits per heavy atom. The van der Waals surface area contributed by atoms with E-state index in [4.69, 9.17) is 9.47 Å². The van der Waals surface area contributed by atoms with Crippen molar-refractivity contribution >= 4 is 0 Å². The van der Waals surface area contributed by atoms with Gasteiger partial charge in [-0.1, -0.05) is 18.6 Å². The topological polar surface area (TPSA) is 30.5 Å². The molecular weight excluding hydrogens is 226 g/mol. The molecule has 2 unspecified atom stereocenters. The number of aryl methyl sites for hydroxylation is 1. The maximum atomic E-state index is 6.21. The van der Waals surface area contributed by atoms with Crippen molar-refractivity contribution in [3.05, 3.63) is 23.8 Å². The zero-order valence-corrected chi connectivity index (χ0v) is 10.9. The van der Waals surface area contributed by atoms with Crippen LogP contribution in [-0.2, 0) is 6.42 Å². The van der Waals surface area contributed by atoms with Crippen LogP contribution in [0.3, 0.4) is 0 Å². The summed E-state index contributed by atoms with van der Waals surface area (Å²) in [7, 11) is 1.71. The van der Waals surface area contributed by atoms with Crippen LogP contribution >= 0.6 is 0 Å². The number of fused-ring (bicyclic) bond motifs is 1. The van der Waals surface area contributed by atoms with Gasteiger partial charge in [-0.2, -0.15) is 0 Å². The summed E-state index contributed by atoms with van der Waals surface area (Å²) in [5, 5.41) is 3.59. The Kier molecular flexibility index (Phi) is 3.41. The zero-order chi connectivity index (χ0) is 12.4. The molecule has 0 spiro atoms. The average molecular weight is 247 g/mol. The standard InChI is InChI=1S/C15H21NO2/c1-17-14-7-4-5-11-8-9-13(18-15(11)14)12-6-2-3-10-16-12/h4-5,7,12-13,16H,2-3,6,8-10H2,1H3. The minimum Gasteiger partial charge on any atom is -0.493 e. The van der Waals surface area contributed by atoms with E-state index in [9.17, 15) is 0 Å². The molecule has 1 fully saturated rings. The van der Waals surface area contributed by atoms with E-state index in [0.717, 1.165) is 30.9 Å². The SMILES string of the molecule is COc1cccc2c1OC(C1CCCCN1)CC2. The van der Waals surface area contributed by atoms with Crippen molar-refractivity contribution in [3.8, 4) is 11.5 Å². The van der Waals surface area contributed by atoms with Gasteiger partial charge < -0.3 is 14.8 Å². The number of nitrogens with one attached hydrogen (secondary N) is 1. The molecule has 0 amide bonds. The predicted octanol–water partition coefficient (Wildman–Crippen LogP) is 2.53. The van der Waals surface area contributed by atoms with Crippen molar-refractivity contribution in [1.29, 1.82) is 0 Å². The van der Waals surface area contributed by atoms with E-state index in [-0.39, 0.29) is 0 Å². The number of rotatable bonds is 2. The molecule has 2 atom stereocenters. The molecule has 18 heavy (non-hydrogen) atoms. The fourth-order valence-electron chi connectivity index (χ4n) is 3.04. The average Bonchev–Trinajstić information content (AvgIpc) is 2.47. The first-order valence-corrected chi connectivity index (χ1v) is 6.94. The van der Waals surface area contributed by atoms with Gasteiger partial charge in [-0.15, -0.1) is 0 Å². The van der Waals surface area contributed by atoms with Crippen LogP contribution in [-0.4, -0.2) is 25.8 Å². The second-order valence-electron chi connectivity index (χ2n) is 5.20. The number of para-hydroxylation sites is 1. The molecule has 1 N–H and O–H groups in total. The van der Waals surface area contributed by atoms with E-state index in [2.05, 4.69) is 11.4 Å². The van der Waals surface area contributed by atoms with Gasteiger partial charge in [0, 0.05) is 6.04 Å². The minimum atomic E-state index is 0.300. The van der Waals surface area contributed by atoms with Gasteiger partial charge in [0.1, 0.15) is 6.10 Å². The summed E-state index contributed by atoms with van der Waals surface area (Å²) in [5.41, 5.74) is 1.28. The summed E-state index contributed by atoms with van der Waals surface area (Å²) < 4.78 is 11.6. The van der Waals surface area contributed by atoms with Crippen LogP contribution in [0.5, 0.6) is 11.5 Å². The highest BCUT2D eigenvalue weighted by atomic mass is 16.5. The molecule has 0 saturated carbocycles. The second kappa shape index (κ2) is 5.19.